The molecule has 1 fully saturated rings. The Kier molecular flexibility index (Phi) is 10.3. The standard InChI is InChI=1S/C30H34F5N5O2/c1-40-17-12-21(13-18-40)4-3-19-42-26-20-22(10-15-36-26)11-16-38-27-25(5-2-14-37-27)28(41)39-24-8-6-23(7-9-24)29(31,32)30(33,34)35/h2,5-10,14-15,20-21H,3-4,11-13,16-19H2,1H3,(H,37,38)(H,39,41). The van der Waals surface area contributed by atoms with Crippen molar-refractivity contribution in [3.8, 4) is 5.88 Å². The maximum Gasteiger partial charge on any atom is 0.458 e. The maximum absolute atomic E-state index is 13.5. The van der Waals surface area contributed by atoms with Crippen molar-refractivity contribution in [2.24, 2.45) is 5.92 Å². The summed E-state index contributed by atoms with van der Waals surface area (Å²) in [5.74, 6) is -3.97. The van der Waals surface area contributed by atoms with Gasteiger partial charge in [-0.05, 0) is 94.1 Å². The van der Waals surface area contributed by atoms with Crippen LogP contribution in [0.15, 0.2) is 60.9 Å². The molecule has 3 heterocycles. The first-order valence-electron chi connectivity index (χ1n) is 13.8. The minimum absolute atomic E-state index is 0.0622. The summed E-state index contributed by atoms with van der Waals surface area (Å²) in [4.78, 5) is 23.7. The zero-order chi connectivity index (χ0) is 30.2. The quantitative estimate of drug-likeness (QED) is 0.184. The predicted molar refractivity (Wildman–Crippen MR) is 150 cm³/mol. The molecule has 3 aromatic rings. The molecule has 2 N–H and O–H groups in total. The van der Waals surface area contributed by atoms with Gasteiger partial charge in [-0.3, -0.25) is 4.79 Å². The van der Waals surface area contributed by atoms with E-state index in [1.165, 1.54) is 25.1 Å². The van der Waals surface area contributed by atoms with Crippen molar-refractivity contribution in [3.63, 3.8) is 0 Å². The SMILES string of the molecule is CN1CCC(CCCOc2cc(CCNc3ncccc3C(=O)Nc3ccc(C(F)(F)C(F)(F)F)cc3)ccn2)CC1. The number of ether oxygens (including phenoxy) is 1. The third-order valence-corrected chi connectivity index (χ3v) is 7.26. The molecule has 226 valence electrons. The number of amides is 1. The smallest absolute Gasteiger partial charge is 0.458 e. The van der Waals surface area contributed by atoms with Gasteiger partial charge in [-0.15, -0.1) is 0 Å². The molecule has 0 saturated carbocycles. The van der Waals surface area contributed by atoms with Crippen LogP contribution in [0, 0.1) is 5.92 Å². The lowest BCUT2D eigenvalue weighted by molar-refractivity contribution is -0.289. The molecule has 0 spiro atoms. The largest absolute Gasteiger partial charge is 0.478 e. The number of anilines is 2. The van der Waals surface area contributed by atoms with E-state index in [9.17, 15) is 26.7 Å². The Morgan fingerprint density at radius 1 is 1.02 bits per heavy atom. The van der Waals surface area contributed by atoms with E-state index >= 15 is 0 Å². The number of alkyl halides is 5. The van der Waals surface area contributed by atoms with E-state index in [4.69, 9.17) is 4.74 Å². The number of aromatic nitrogens is 2. The van der Waals surface area contributed by atoms with E-state index in [0.717, 1.165) is 49.5 Å². The first-order valence-corrected chi connectivity index (χ1v) is 13.8. The van der Waals surface area contributed by atoms with Crippen LogP contribution in [0.3, 0.4) is 0 Å². The summed E-state index contributed by atoms with van der Waals surface area (Å²) in [7, 11) is 2.16. The van der Waals surface area contributed by atoms with Gasteiger partial charge in [-0.2, -0.15) is 22.0 Å². The molecule has 0 bridgehead atoms. The fourth-order valence-corrected chi connectivity index (χ4v) is 4.76. The first-order chi connectivity index (χ1) is 20.0. The number of piperidine rings is 1. The van der Waals surface area contributed by atoms with Gasteiger partial charge in [0.2, 0.25) is 5.88 Å². The molecule has 0 radical (unpaired) electrons. The molecule has 0 aliphatic carbocycles. The summed E-state index contributed by atoms with van der Waals surface area (Å²) in [6.07, 6.45) is 2.68. The molecule has 1 aromatic carbocycles. The molecule has 4 rings (SSSR count). The van der Waals surface area contributed by atoms with E-state index < -0.39 is 23.6 Å². The van der Waals surface area contributed by atoms with Crippen LogP contribution in [0.25, 0.3) is 0 Å². The number of carbonyl (C=O) groups excluding carboxylic acids is 1. The Hall–Kier alpha value is -3.80. The average Bonchev–Trinajstić information content (AvgIpc) is 2.96. The molecule has 1 amide bonds. The second kappa shape index (κ2) is 13.9. The van der Waals surface area contributed by atoms with E-state index in [2.05, 4.69) is 32.5 Å². The van der Waals surface area contributed by atoms with Gasteiger partial charge in [0, 0.05) is 36.3 Å². The molecule has 0 unspecified atom stereocenters. The van der Waals surface area contributed by atoms with Crippen molar-refractivity contribution in [3.05, 3.63) is 77.6 Å². The number of benzene rings is 1. The van der Waals surface area contributed by atoms with Gasteiger partial charge in [0.1, 0.15) is 5.82 Å². The van der Waals surface area contributed by atoms with Gasteiger partial charge in [-0.25, -0.2) is 9.97 Å². The third-order valence-electron chi connectivity index (χ3n) is 7.26. The zero-order valence-electron chi connectivity index (χ0n) is 23.3. The monoisotopic (exact) mass is 591 g/mol. The Bertz CT molecular complexity index is 1310. The highest BCUT2D eigenvalue weighted by molar-refractivity contribution is 6.07. The normalized spacial score (nSPS) is 14.9. The number of rotatable bonds is 12. The highest BCUT2D eigenvalue weighted by atomic mass is 19.4. The van der Waals surface area contributed by atoms with Crippen LogP contribution in [-0.2, 0) is 12.3 Å². The highest BCUT2D eigenvalue weighted by Crippen LogP contribution is 2.44. The number of halogens is 5. The van der Waals surface area contributed by atoms with Crippen molar-refractivity contribution in [1.29, 1.82) is 0 Å². The Balaban J connectivity index is 1.26. The number of hydrogen-bond donors (Lipinski definition) is 2. The maximum atomic E-state index is 13.5. The van der Waals surface area contributed by atoms with Crippen LogP contribution in [0.5, 0.6) is 5.88 Å². The number of hydrogen-bond acceptors (Lipinski definition) is 6. The average molecular weight is 592 g/mol. The Morgan fingerprint density at radius 3 is 2.48 bits per heavy atom. The molecule has 2 aromatic heterocycles. The fraction of sp³-hybridized carbons (Fsp3) is 0.433. The van der Waals surface area contributed by atoms with Crippen LogP contribution in [0.1, 0.15) is 47.2 Å². The van der Waals surface area contributed by atoms with E-state index in [1.54, 1.807) is 12.3 Å². The van der Waals surface area contributed by atoms with Crippen LogP contribution in [-0.4, -0.2) is 60.2 Å². The summed E-state index contributed by atoms with van der Waals surface area (Å²) in [5.41, 5.74) is 0.0206. The van der Waals surface area contributed by atoms with Crippen LogP contribution in [0.4, 0.5) is 33.5 Å². The second-order valence-corrected chi connectivity index (χ2v) is 10.4. The molecule has 12 heteroatoms. The summed E-state index contributed by atoms with van der Waals surface area (Å²) in [5, 5.41) is 5.63. The van der Waals surface area contributed by atoms with Crippen LogP contribution < -0.4 is 15.4 Å². The number of likely N-dealkylation sites (tertiary alicyclic amines) is 1. The summed E-state index contributed by atoms with van der Waals surface area (Å²) in [6, 6.07) is 10.1. The van der Waals surface area contributed by atoms with E-state index in [-0.39, 0.29) is 11.3 Å². The Labute approximate surface area is 241 Å². The van der Waals surface area contributed by atoms with Gasteiger partial charge >= 0.3 is 12.1 Å². The highest BCUT2D eigenvalue weighted by Gasteiger charge is 2.58. The van der Waals surface area contributed by atoms with Gasteiger partial charge in [-0.1, -0.05) is 12.1 Å². The summed E-state index contributed by atoms with van der Waals surface area (Å²) < 4.78 is 70.8. The van der Waals surface area contributed by atoms with Crippen molar-refractivity contribution < 1.29 is 31.5 Å². The summed E-state index contributed by atoms with van der Waals surface area (Å²) >= 11 is 0. The first kappa shape index (κ1) is 31.1. The van der Waals surface area contributed by atoms with E-state index in [1.807, 2.05) is 12.1 Å². The fourth-order valence-electron chi connectivity index (χ4n) is 4.76. The van der Waals surface area contributed by atoms with Crippen molar-refractivity contribution in [2.75, 3.05) is 43.9 Å². The number of pyridine rings is 2. The van der Waals surface area contributed by atoms with Gasteiger partial charge in [0.05, 0.1) is 12.2 Å². The lowest BCUT2D eigenvalue weighted by atomic mass is 9.93. The van der Waals surface area contributed by atoms with Gasteiger partial charge < -0.3 is 20.3 Å². The molecule has 1 aliphatic heterocycles. The molecule has 0 atom stereocenters. The zero-order valence-corrected chi connectivity index (χ0v) is 23.3. The van der Waals surface area contributed by atoms with Crippen molar-refractivity contribution in [2.45, 2.75) is 44.2 Å². The molecular formula is C30H34F5N5O2. The molecule has 1 aliphatic rings. The minimum atomic E-state index is -5.72. The number of nitrogens with one attached hydrogen (secondary N) is 2. The molecule has 1 saturated heterocycles. The summed E-state index contributed by atoms with van der Waals surface area (Å²) in [6.45, 7) is 3.36. The number of nitrogens with zero attached hydrogens (tertiary/aromatic N) is 3. The topological polar surface area (TPSA) is 79.4 Å². The molecule has 7 nitrogen and oxygen atoms in total. The lowest BCUT2D eigenvalue weighted by Crippen LogP contribution is -2.33. The third kappa shape index (κ3) is 8.37. The van der Waals surface area contributed by atoms with Gasteiger partial charge in [0.25, 0.3) is 5.91 Å². The Morgan fingerprint density at radius 2 is 1.76 bits per heavy atom. The lowest BCUT2D eigenvalue weighted by Gasteiger charge is -2.28. The number of carbonyl (C=O) groups is 1. The van der Waals surface area contributed by atoms with E-state index in [0.29, 0.717) is 43.4 Å². The molecule has 42 heavy (non-hydrogen) atoms. The molecular weight excluding hydrogens is 557 g/mol. The van der Waals surface area contributed by atoms with Crippen molar-refractivity contribution >= 4 is 17.4 Å². The van der Waals surface area contributed by atoms with Crippen LogP contribution in [0.2, 0.25) is 0 Å². The van der Waals surface area contributed by atoms with Crippen LogP contribution >= 0.6 is 0 Å². The minimum Gasteiger partial charge on any atom is -0.478 e. The second-order valence-electron chi connectivity index (χ2n) is 10.4. The van der Waals surface area contributed by atoms with Crippen molar-refractivity contribution in [1.82, 2.24) is 14.9 Å². The van der Waals surface area contributed by atoms with Gasteiger partial charge in [0.15, 0.2) is 0 Å². The predicted octanol–water partition coefficient (Wildman–Crippen LogP) is 6.54.